The number of anilines is 1. The van der Waals surface area contributed by atoms with Gasteiger partial charge in [-0.15, -0.1) is 11.3 Å². The van der Waals surface area contributed by atoms with Crippen molar-refractivity contribution in [2.75, 3.05) is 19.0 Å². The third kappa shape index (κ3) is 5.20. The molecule has 0 aliphatic carbocycles. The quantitative estimate of drug-likeness (QED) is 0.581. The van der Waals surface area contributed by atoms with E-state index in [1.807, 2.05) is 37.3 Å². The molecule has 0 saturated carbocycles. The Kier molecular flexibility index (Phi) is 6.61. The Balaban J connectivity index is 1.59. The second kappa shape index (κ2) is 9.34. The highest BCUT2D eigenvalue weighted by atomic mass is 32.1. The van der Waals surface area contributed by atoms with Crippen molar-refractivity contribution in [2.24, 2.45) is 0 Å². The average Bonchev–Trinajstić information content (AvgIpc) is 3.22. The van der Waals surface area contributed by atoms with Gasteiger partial charge in [-0.2, -0.15) is 0 Å². The number of methoxy groups -OCH3 is 1. The van der Waals surface area contributed by atoms with Crippen molar-refractivity contribution in [1.29, 1.82) is 0 Å². The van der Waals surface area contributed by atoms with Gasteiger partial charge in [0.2, 0.25) is 0 Å². The lowest BCUT2D eigenvalue weighted by molar-refractivity contribution is -0.119. The van der Waals surface area contributed by atoms with Crippen LogP contribution < -0.4 is 10.1 Å². The van der Waals surface area contributed by atoms with Crippen LogP contribution in [0, 0.1) is 6.92 Å². The van der Waals surface area contributed by atoms with Crippen LogP contribution in [0.4, 0.5) is 5.69 Å². The first-order valence-electron chi connectivity index (χ1n) is 9.16. The molecule has 3 rings (SSSR count). The van der Waals surface area contributed by atoms with Crippen LogP contribution in [0.2, 0.25) is 0 Å². The summed E-state index contributed by atoms with van der Waals surface area (Å²) in [5.74, 6) is -0.551. The van der Waals surface area contributed by atoms with Crippen molar-refractivity contribution < 1.29 is 19.1 Å². The fourth-order valence-electron chi connectivity index (χ4n) is 2.69. The summed E-state index contributed by atoms with van der Waals surface area (Å²) in [7, 11) is 1.52. The normalized spacial score (nSPS) is 10.4. The number of amides is 1. The van der Waals surface area contributed by atoms with Crippen LogP contribution in [0.25, 0.3) is 10.6 Å². The van der Waals surface area contributed by atoms with Gasteiger partial charge in [-0.05, 0) is 36.6 Å². The van der Waals surface area contributed by atoms with Crippen molar-refractivity contribution >= 4 is 28.9 Å². The number of ether oxygens (including phenoxy) is 2. The number of aryl methyl sites for hydroxylation is 2. The summed E-state index contributed by atoms with van der Waals surface area (Å²) in [6.45, 7) is 3.59. The highest BCUT2D eigenvalue weighted by Crippen LogP contribution is 2.26. The van der Waals surface area contributed by atoms with Gasteiger partial charge in [0.15, 0.2) is 12.3 Å². The Morgan fingerprint density at radius 2 is 1.90 bits per heavy atom. The standard InChI is InChI=1S/C22H22N2O4S/c1-4-15-6-8-16(9-7-15)21-24-18(13-29-21)22(26)28-12-20(25)23-17-11-14(2)5-10-19(17)27-3/h5-11,13H,4,12H2,1-3H3,(H,23,25). The second-order valence-corrected chi connectivity index (χ2v) is 7.27. The van der Waals surface area contributed by atoms with Gasteiger partial charge in [0.1, 0.15) is 10.8 Å². The van der Waals surface area contributed by atoms with Crippen LogP contribution in [0.3, 0.4) is 0 Å². The molecular formula is C22H22N2O4S. The summed E-state index contributed by atoms with van der Waals surface area (Å²) in [5.41, 5.74) is 3.86. The third-order valence-electron chi connectivity index (χ3n) is 4.29. The minimum Gasteiger partial charge on any atom is -0.495 e. The van der Waals surface area contributed by atoms with Crippen LogP contribution >= 0.6 is 11.3 Å². The van der Waals surface area contributed by atoms with E-state index in [1.165, 1.54) is 24.0 Å². The van der Waals surface area contributed by atoms with Gasteiger partial charge < -0.3 is 14.8 Å². The zero-order valence-electron chi connectivity index (χ0n) is 16.5. The number of carbonyl (C=O) groups is 2. The molecule has 0 unspecified atom stereocenters. The topological polar surface area (TPSA) is 77.5 Å². The Hall–Kier alpha value is -3.19. The molecule has 0 saturated heterocycles. The molecule has 1 aromatic heterocycles. The molecule has 0 aliphatic heterocycles. The molecule has 0 radical (unpaired) electrons. The van der Waals surface area contributed by atoms with Crippen LogP contribution in [-0.4, -0.2) is 30.6 Å². The number of hydrogen-bond donors (Lipinski definition) is 1. The van der Waals surface area contributed by atoms with Gasteiger partial charge in [-0.3, -0.25) is 4.79 Å². The first-order valence-corrected chi connectivity index (χ1v) is 10.0. The van der Waals surface area contributed by atoms with Gasteiger partial charge in [-0.25, -0.2) is 9.78 Å². The Bertz CT molecular complexity index is 1010. The molecular weight excluding hydrogens is 388 g/mol. The van der Waals surface area contributed by atoms with Crippen molar-refractivity contribution in [3.63, 3.8) is 0 Å². The van der Waals surface area contributed by atoms with Gasteiger partial charge >= 0.3 is 5.97 Å². The van der Waals surface area contributed by atoms with Crippen molar-refractivity contribution in [3.8, 4) is 16.3 Å². The van der Waals surface area contributed by atoms with Crippen molar-refractivity contribution in [1.82, 2.24) is 4.98 Å². The summed E-state index contributed by atoms with van der Waals surface area (Å²) in [6.07, 6.45) is 0.964. The molecule has 0 bridgehead atoms. The summed E-state index contributed by atoms with van der Waals surface area (Å²) >= 11 is 1.36. The number of nitrogens with zero attached hydrogens (tertiary/aromatic N) is 1. The van der Waals surface area contributed by atoms with Crippen molar-refractivity contribution in [2.45, 2.75) is 20.3 Å². The predicted octanol–water partition coefficient (Wildman–Crippen LogP) is 4.49. The minimum atomic E-state index is -0.635. The lowest BCUT2D eigenvalue weighted by Gasteiger charge is -2.11. The van der Waals surface area contributed by atoms with E-state index in [2.05, 4.69) is 17.2 Å². The first kappa shape index (κ1) is 20.5. The summed E-state index contributed by atoms with van der Waals surface area (Å²) in [4.78, 5) is 28.7. The molecule has 150 valence electrons. The number of thiazole rings is 1. The fourth-order valence-corrected chi connectivity index (χ4v) is 3.49. The first-order chi connectivity index (χ1) is 14.0. The van der Waals surface area contributed by atoms with Gasteiger partial charge in [0.05, 0.1) is 12.8 Å². The number of benzene rings is 2. The highest BCUT2D eigenvalue weighted by molar-refractivity contribution is 7.13. The lowest BCUT2D eigenvalue weighted by Crippen LogP contribution is -2.21. The average molecular weight is 410 g/mol. The minimum absolute atomic E-state index is 0.186. The monoisotopic (exact) mass is 410 g/mol. The van der Waals surface area contributed by atoms with E-state index in [9.17, 15) is 9.59 Å². The SMILES string of the molecule is CCc1ccc(-c2nc(C(=O)OCC(=O)Nc3cc(C)ccc3OC)cs2)cc1. The Labute approximate surface area is 173 Å². The predicted molar refractivity (Wildman–Crippen MR) is 114 cm³/mol. The number of nitrogens with one attached hydrogen (secondary N) is 1. The second-order valence-electron chi connectivity index (χ2n) is 6.42. The smallest absolute Gasteiger partial charge is 0.358 e. The molecule has 29 heavy (non-hydrogen) atoms. The Morgan fingerprint density at radius 3 is 2.59 bits per heavy atom. The van der Waals surface area contributed by atoms with E-state index in [1.54, 1.807) is 17.5 Å². The number of rotatable bonds is 7. The molecule has 0 spiro atoms. The maximum absolute atomic E-state index is 12.2. The summed E-state index contributed by atoms with van der Waals surface area (Å²) < 4.78 is 10.3. The van der Waals surface area contributed by atoms with E-state index >= 15 is 0 Å². The van der Waals surface area contributed by atoms with Crippen LogP contribution in [0.1, 0.15) is 28.5 Å². The lowest BCUT2D eigenvalue weighted by atomic mass is 10.1. The molecule has 0 aliphatic rings. The zero-order valence-corrected chi connectivity index (χ0v) is 17.3. The van der Waals surface area contributed by atoms with Gasteiger partial charge in [0, 0.05) is 10.9 Å². The van der Waals surface area contributed by atoms with E-state index in [0.29, 0.717) is 11.4 Å². The van der Waals surface area contributed by atoms with Gasteiger partial charge in [0.25, 0.3) is 5.91 Å². The van der Waals surface area contributed by atoms with Crippen LogP contribution in [0.15, 0.2) is 47.8 Å². The van der Waals surface area contributed by atoms with Crippen molar-refractivity contribution in [3.05, 3.63) is 64.7 Å². The summed E-state index contributed by atoms with van der Waals surface area (Å²) in [6, 6.07) is 13.5. The molecule has 1 amide bonds. The fraction of sp³-hybridized carbons (Fsp3) is 0.227. The molecule has 6 nitrogen and oxygen atoms in total. The largest absolute Gasteiger partial charge is 0.495 e. The maximum Gasteiger partial charge on any atom is 0.358 e. The molecule has 1 heterocycles. The van der Waals surface area contributed by atoms with E-state index < -0.39 is 18.5 Å². The van der Waals surface area contributed by atoms with Gasteiger partial charge in [-0.1, -0.05) is 37.3 Å². The molecule has 1 N–H and O–H groups in total. The summed E-state index contributed by atoms with van der Waals surface area (Å²) in [5, 5.41) is 5.05. The number of esters is 1. The molecule has 0 fully saturated rings. The molecule has 3 aromatic rings. The van der Waals surface area contributed by atoms with E-state index in [-0.39, 0.29) is 5.69 Å². The molecule has 7 heteroatoms. The number of hydrogen-bond acceptors (Lipinski definition) is 6. The highest BCUT2D eigenvalue weighted by Gasteiger charge is 2.16. The molecule has 2 aromatic carbocycles. The van der Waals surface area contributed by atoms with Crippen LogP contribution in [-0.2, 0) is 16.0 Å². The van der Waals surface area contributed by atoms with E-state index in [4.69, 9.17) is 9.47 Å². The maximum atomic E-state index is 12.2. The number of carbonyl (C=O) groups excluding carboxylic acids is 2. The molecule has 0 atom stereocenters. The van der Waals surface area contributed by atoms with Crippen LogP contribution in [0.5, 0.6) is 5.75 Å². The Morgan fingerprint density at radius 1 is 1.14 bits per heavy atom. The third-order valence-corrected chi connectivity index (χ3v) is 5.18. The zero-order chi connectivity index (χ0) is 20.8. The number of aromatic nitrogens is 1. The van der Waals surface area contributed by atoms with E-state index in [0.717, 1.165) is 22.6 Å².